The maximum atomic E-state index is 12.2. The Morgan fingerprint density at radius 1 is 1.00 bits per heavy atom. The van der Waals surface area contributed by atoms with Crippen molar-refractivity contribution in [1.29, 1.82) is 0 Å². The molecule has 122 valence electrons. The van der Waals surface area contributed by atoms with Gasteiger partial charge >= 0.3 is 0 Å². The fourth-order valence-electron chi connectivity index (χ4n) is 2.30. The van der Waals surface area contributed by atoms with E-state index in [9.17, 15) is 4.57 Å². The minimum Gasteiger partial charge on any atom is -0.324 e. The van der Waals surface area contributed by atoms with E-state index in [4.69, 9.17) is 0 Å². The van der Waals surface area contributed by atoms with E-state index in [0.717, 1.165) is 22.5 Å². The predicted octanol–water partition coefficient (Wildman–Crippen LogP) is 3.84. The second kappa shape index (κ2) is 6.54. The molecule has 3 rings (SSSR count). The van der Waals surface area contributed by atoms with Crippen molar-refractivity contribution >= 4 is 24.2 Å². The highest BCUT2D eigenvalue weighted by atomic mass is 31.2. The van der Waals surface area contributed by atoms with Crippen molar-refractivity contribution in [2.45, 2.75) is 6.92 Å². The molecule has 2 aromatic heterocycles. The molecule has 6 heteroatoms. The van der Waals surface area contributed by atoms with Gasteiger partial charge in [0, 0.05) is 23.6 Å². The van der Waals surface area contributed by atoms with Crippen LogP contribution in [0.15, 0.2) is 54.9 Å². The lowest BCUT2D eigenvalue weighted by atomic mass is 10.2. The smallest absolute Gasteiger partial charge is 0.227 e. The quantitative estimate of drug-likeness (QED) is 0.732. The summed E-state index contributed by atoms with van der Waals surface area (Å²) in [6.45, 7) is 5.46. The molecule has 0 atom stereocenters. The van der Waals surface area contributed by atoms with Crippen LogP contribution < -0.4 is 10.8 Å². The van der Waals surface area contributed by atoms with Crippen molar-refractivity contribution in [2.24, 2.45) is 0 Å². The Morgan fingerprint density at radius 3 is 2.54 bits per heavy atom. The Hall–Kier alpha value is -2.52. The van der Waals surface area contributed by atoms with Gasteiger partial charge in [-0.15, -0.1) is 0 Å². The average molecular weight is 338 g/mol. The summed E-state index contributed by atoms with van der Waals surface area (Å²) >= 11 is 0. The molecule has 0 bridgehead atoms. The zero-order chi connectivity index (χ0) is 17.2. The first-order valence-corrected chi connectivity index (χ1v) is 10.2. The van der Waals surface area contributed by atoms with Gasteiger partial charge in [0.25, 0.3) is 0 Å². The molecule has 3 aromatic rings. The average Bonchev–Trinajstić information content (AvgIpc) is 2.54. The van der Waals surface area contributed by atoms with Crippen LogP contribution in [0.5, 0.6) is 0 Å². The fourth-order valence-corrected chi connectivity index (χ4v) is 3.10. The van der Waals surface area contributed by atoms with Crippen LogP contribution >= 0.6 is 7.14 Å². The number of rotatable bonds is 4. The van der Waals surface area contributed by atoms with E-state index in [1.807, 2.05) is 49.4 Å². The largest absolute Gasteiger partial charge is 0.324 e. The molecule has 1 N–H and O–H groups in total. The Labute approximate surface area is 141 Å². The van der Waals surface area contributed by atoms with E-state index in [1.165, 1.54) is 0 Å². The maximum Gasteiger partial charge on any atom is 0.227 e. The van der Waals surface area contributed by atoms with Crippen LogP contribution in [-0.2, 0) is 4.57 Å². The molecule has 0 radical (unpaired) electrons. The van der Waals surface area contributed by atoms with Crippen LogP contribution in [0.2, 0.25) is 0 Å². The summed E-state index contributed by atoms with van der Waals surface area (Å²) < 4.78 is 12.2. The summed E-state index contributed by atoms with van der Waals surface area (Å²) in [5.41, 5.74) is 4.34. The monoisotopic (exact) mass is 338 g/mol. The molecule has 0 spiro atoms. The highest BCUT2D eigenvalue weighted by molar-refractivity contribution is 7.69. The van der Waals surface area contributed by atoms with Gasteiger partial charge in [-0.05, 0) is 56.1 Å². The van der Waals surface area contributed by atoms with E-state index < -0.39 is 7.14 Å². The van der Waals surface area contributed by atoms with Crippen LogP contribution in [-0.4, -0.2) is 28.3 Å². The molecule has 0 aliphatic heterocycles. The zero-order valence-electron chi connectivity index (χ0n) is 13.9. The van der Waals surface area contributed by atoms with Crippen molar-refractivity contribution in [3.63, 3.8) is 0 Å². The van der Waals surface area contributed by atoms with Gasteiger partial charge in [-0.2, -0.15) is 0 Å². The predicted molar refractivity (Wildman–Crippen MR) is 98.8 cm³/mol. The topological polar surface area (TPSA) is 67.8 Å². The summed E-state index contributed by atoms with van der Waals surface area (Å²) in [5.74, 6) is 0.521. The van der Waals surface area contributed by atoms with Crippen molar-refractivity contribution in [3.05, 3.63) is 60.4 Å². The molecule has 24 heavy (non-hydrogen) atoms. The summed E-state index contributed by atoms with van der Waals surface area (Å²) in [5, 5.41) is 3.21. The summed E-state index contributed by atoms with van der Waals surface area (Å²) in [4.78, 5) is 13.0. The number of hydrogen-bond donors (Lipinski definition) is 1. The van der Waals surface area contributed by atoms with Crippen LogP contribution in [0.3, 0.4) is 0 Å². The van der Waals surface area contributed by atoms with Gasteiger partial charge < -0.3 is 9.88 Å². The van der Waals surface area contributed by atoms with E-state index in [-0.39, 0.29) is 0 Å². The van der Waals surface area contributed by atoms with Crippen molar-refractivity contribution in [3.8, 4) is 11.3 Å². The van der Waals surface area contributed by atoms with Gasteiger partial charge in [-0.3, -0.25) is 4.98 Å². The van der Waals surface area contributed by atoms with Gasteiger partial charge in [-0.25, -0.2) is 9.97 Å². The summed E-state index contributed by atoms with van der Waals surface area (Å²) in [6, 6.07) is 13.5. The molecule has 2 heterocycles. The lowest BCUT2D eigenvalue weighted by Gasteiger charge is -2.09. The Balaban J connectivity index is 1.92. The second-order valence-electron chi connectivity index (χ2n) is 6.01. The summed E-state index contributed by atoms with van der Waals surface area (Å²) in [6.07, 6.45) is 3.37. The Bertz CT molecular complexity index is 920. The lowest BCUT2D eigenvalue weighted by molar-refractivity contribution is 0.588. The first-order chi connectivity index (χ1) is 11.4. The fraction of sp³-hybridized carbons (Fsp3) is 0.167. The number of anilines is 2. The van der Waals surface area contributed by atoms with Gasteiger partial charge in [0.1, 0.15) is 7.14 Å². The molecule has 0 saturated heterocycles. The molecule has 0 unspecified atom stereocenters. The van der Waals surface area contributed by atoms with Crippen molar-refractivity contribution in [1.82, 2.24) is 15.0 Å². The van der Waals surface area contributed by atoms with Gasteiger partial charge in [0.2, 0.25) is 5.95 Å². The molecule has 0 amide bonds. The van der Waals surface area contributed by atoms with E-state index in [1.54, 1.807) is 25.7 Å². The van der Waals surface area contributed by atoms with Crippen LogP contribution in [0.4, 0.5) is 11.6 Å². The van der Waals surface area contributed by atoms with Crippen molar-refractivity contribution < 1.29 is 4.57 Å². The van der Waals surface area contributed by atoms with Crippen molar-refractivity contribution in [2.75, 3.05) is 18.6 Å². The Kier molecular flexibility index (Phi) is 4.45. The SMILES string of the molecule is Cc1cccc(Nc2nccc(-c3ccnc(P(C)(C)=O)c3)n2)c1. The molecular weight excluding hydrogens is 319 g/mol. The number of nitrogens with one attached hydrogen (secondary N) is 1. The number of aryl methyl sites for hydroxylation is 1. The molecule has 5 nitrogen and oxygen atoms in total. The molecule has 1 aromatic carbocycles. The number of aromatic nitrogens is 3. The standard InChI is InChI=1S/C18H19N4OP/c1-13-5-4-6-15(11-13)21-18-20-10-8-16(22-18)14-7-9-19-17(12-14)24(2,3)23/h4-12H,1-3H3,(H,20,21,22). The zero-order valence-corrected chi connectivity index (χ0v) is 14.8. The number of hydrogen-bond acceptors (Lipinski definition) is 5. The maximum absolute atomic E-state index is 12.2. The summed E-state index contributed by atoms with van der Waals surface area (Å²) in [7, 11) is -2.41. The third kappa shape index (κ3) is 3.87. The molecule has 0 fully saturated rings. The van der Waals surface area contributed by atoms with Crippen LogP contribution in [0.25, 0.3) is 11.3 Å². The Morgan fingerprint density at radius 2 is 1.79 bits per heavy atom. The number of benzene rings is 1. The highest BCUT2D eigenvalue weighted by Gasteiger charge is 2.14. The molecule has 0 aliphatic rings. The third-order valence-corrected chi connectivity index (χ3v) is 4.87. The third-order valence-electron chi connectivity index (χ3n) is 3.52. The van der Waals surface area contributed by atoms with Gasteiger partial charge in [0.15, 0.2) is 0 Å². The molecular formula is C18H19N4OP. The first-order valence-electron chi connectivity index (χ1n) is 7.60. The first kappa shape index (κ1) is 16.3. The lowest BCUT2D eigenvalue weighted by Crippen LogP contribution is -2.08. The van der Waals surface area contributed by atoms with Gasteiger partial charge in [0.05, 0.1) is 11.1 Å². The second-order valence-corrected chi connectivity index (χ2v) is 9.17. The minimum absolute atomic E-state index is 0.521. The van der Waals surface area contributed by atoms with E-state index in [2.05, 4.69) is 20.3 Å². The highest BCUT2D eigenvalue weighted by Crippen LogP contribution is 2.34. The van der Waals surface area contributed by atoms with E-state index in [0.29, 0.717) is 11.4 Å². The minimum atomic E-state index is -2.41. The molecule has 0 aliphatic carbocycles. The number of pyridine rings is 1. The van der Waals surface area contributed by atoms with Gasteiger partial charge in [-0.1, -0.05) is 12.1 Å². The van der Waals surface area contributed by atoms with Crippen LogP contribution in [0, 0.1) is 6.92 Å². The molecule has 0 saturated carbocycles. The normalized spacial score (nSPS) is 11.3. The number of nitrogens with zero attached hydrogens (tertiary/aromatic N) is 3. The van der Waals surface area contributed by atoms with E-state index >= 15 is 0 Å². The van der Waals surface area contributed by atoms with Crippen LogP contribution in [0.1, 0.15) is 5.56 Å².